The molecule has 0 radical (unpaired) electrons. The van der Waals surface area contributed by atoms with Crippen LogP contribution in [0, 0.1) is 6.92 Å². The maximum atomic E-state index is 12.2. The highest BCUT2D eigenvalue weighted by molar-refractivity contribution is 7.94. The molecule has 2 rings (SSSR count). The Labute approximate surface area is 130 Å². The summed E-state index contributed by atoms with van der Waals surface area (Å²) >= 11 is 0. The number of amides is 1. The second kappa shape index (κ2) is 6.19. The second-order valence-corrected chi connectivity index (χ2v) is 6.58. The first-order chi connectivity index (χ1) is 10.3. The Bertz CT molecular complexity index is 766. The van der Waals surface area contributed by atoms with Gasteiger partial charge in [-0.25, -0.2) is 8.42 Å². The van der Waals surface area contributed by atoms with Crippen LogP contribution in [-0.4, -0.2) is 21.4 Å². The lowest BCUT2D eigenvalue weighted by Crippen LogP contribution is -2.22. The van der Waals surface area contributed by atoms with Crippen molar-refractivity contribution < 1.29 is 13.2 Å². The standard InChI is InChI=1S/C16H17N2O3S/c1-12-4-10-16(11-5-12)22(20,21)17-14-6-8-15(9-7-14)18(3)13(2)19/h4-11H,1-3H3/q-1. The molecule has 0 heterocycles. The molecule has 0 fully saturated rings. The van der Waals surface area contributed by atoms with Gasteiger partial charge in [-0.3, -0.25) is 4.79 Å². The molecule has 2 aromatic rings. The van der Waals surface area contributed by atoms with Gasteiger partial charge >= 0.3 is 0 Å². The van der Waals surface area contributed by atoms with E-state index in [-0.39, 0.29) is 10.8 Å². The maximum absolute atomic E-state index is 12.2. The lowest BCUT2D eigenvalue weighted by Gasteiger charge is -2.23. The lowest BCUT2D eigenvalue weighted by molar-refractivity contribution is -0.116. The number of anilines is 1. The normalized spacial score (nSPS) is 11.0. The van der Waals surface area contributed by atoms with Crippen LogP contribution in [-0.2, 0) is 14.8 Å². The van der Waals surface area contributed by atoms with Gasteiger partial charge in [0.05, 0.1) is 4.90 Å². The zero-order chi connectivity index (χ0) is 16.3. The topological polar surface area (TPSA) is 68.6 Å². The van der Waals surface area contributed by atoms with Gasteiger partial charge in [0.2, 0.25) is 5.91 Å². The van der Waals surface area contributed by atoms with Crippen molar-refractivity contribution in [1.29, 1.82) is 0 Å². The molecule has 0 saturated heterocycles. The molecular formula is C16H17N2O3S-. The molecule has 0 aliphatic carbocycles. The van der Waals surface area contributed by atoms with Crippen molar-refractivity contribution in [3.63, 3.8) is 0 Å². The first kappa shape index (κ1) is 16.0. The number of carbonyl (C=O) groups is 1. The van der Waals surface area contributed by atoms with Crippen molar-refractivity contribution in [3.05, 3.63) is 58.8 Å². The molecule has 0 aliphatic heterocycles. The monoisotopic (exact) mass is 317 g/mol. The second-order valence-electron chi connectivity index (χ2n) is 4.97. The summed E-state index contributed by atoms with van der Waals surface area (Å²) in [7, 11) is -2.08. The van der Waals surface area contributed by atoms with Crippen molar-refractivity contribution in [3.8, 4) is 0 Å². The minimum absolute atomic E-state index is 0.100. The van der Waals surface area contributed by atoms with Crippen LogP contribution in [0.2, 0.25) is 0 Å². The Morgan fingerprint density at radius 3 is 2.05 bits per heavy atom. The van der Waals surface area contributed by atoms with Crippen LogP contribution < -0.4 is 4.90 Å². The summed E-state index contributed by atoms with van der Waals surface area (Å²) in [5, 5.41) is 0. The van der Waals surface area contributed by atoms with E-state index >= 15 is 0 Å². The molecule has 6 heteroatoms. The number of hydrogen-bond donors (Lipinski definition) is 0. The summed E-state index contributed by atoms with van der Waals surface area (Å²) < 4.78 is 28.2. The van der Waals surface area contributed by atoms with Crippen molar-refractivity contribution >= 4 is 27.3 Å². The summed E-state index contributed by atoms with van der Waals surface area (Å²) in [5.41, 5.74) is 1.98. The van der Waals surface area contributed by atoms with Gasteiger partial charge in [-0.2, -0.15) is 0 Å². The zero-order valence-electron chi connectivity index (χ0n) is 12.6. The minimum atomic E-state index is -3.74. The summed E-state index contributed by atoms with van der Waals surface area (Å²) in [6.45, 7) is 3.35. The summed E-state index contributed by atoms with van der Waals surface area (Å²) in [5.74, 6) is -0.100. The van der Waals surface area contributed by atoms with Crippen LogP contribution in [0.4, 0.5) is 11.4 Å². The zero-order valence-corrected chi connectivity index (χ0v) is 13.5. The largest absolute Gasteiger partial charge is 0.573 e. The third-order valence-corrected chi connectivity index (χ3v) is 4.57. The fourth-order valence-electron chi connectivity index (χ4n) is 1.82. The van der Waals surface area contributed by atoms with Crippen LogP contribution in [0.25, 0.3) is 4.72 Å². The van der Waals surface area contributed by atoms with Gasteiger partial charge in [0.25, 0.3) is 0 Å². The molecule has 0 bridgehead atoms. The lowest BCUT2D eigenvalue weighted by atomic mass is 10.2. The fourth-order valence-corrected chi connectivity index (χ4v) is 2.81. The van der Waals surface area contributed by atoms with Crippen LogP contribution in [0.1, 0.15) is 12.5 Å². The molecule has 0 saturated carbocycles. The summed E-state index contributed by atoms with van der Waals surface area (Å²) in [4.78, 5) is 12.9. The van der Waals surface area contributed by atoms with Gasteiger partial charge in [0.15, 0.2) is 0 Å². The van der Waals surface area contributed by atoms with E-state index in [0.717, 1.165) is 5.56 Å². The van der Waals surface area contributed by atoms with E-state index in [4.69, 9.17) is 0 Å². The number of sulfonamides is 1. The molecule has 0 aliphatic rings. The molecule has 2 aromatic carbocycles. The number of nitrogens with zero attached hydrogens (tertiary/aromatic N) is 2. The van der Waals surface area contributed by atoms with Crippen molar-refractivity contribution in [2.24, 2.45) is 0 Å². The van der Waals surface area contributed by atoms with E-state index in [1.807, 2.05) is 6.92 Å². The van der Waals surface area contributed by atoms with Gasteiger partial charge in [-0.05, 0) is 31.2 Å². The minimum Gasteiger partial charge on any atom is -0.573 e. The van der Waals surface area contributed by atoms with Crippen LogP contribution >= 0.6 is 0 Å². The first-order valence-corrected chi connectivity index (χ1v) is 8.12. The smallest absolute Gasteiger partial charge is 0.223 e. The number of hydrogen-bond acceptors (Lipinski definition) is 3. The highest BCUT2D eigenvalue weighted by Gasteiger charge is 2.06. The Kier molecular flexibility index (Phi) is 4.51. The number of rotatable bonds is 4. The van der Waals surface area contributed by atoms with E-state index in [2.05, 4.69) is 4.72 Å². The Hall–Kier alpha value is -2.34. The van der Waals surface area contributed by atoms with Crippen LogP contribution in [0.15, 0.2) is 53.4 Å². The number of benzene rings is 2. The number of carbonyl (C=O) groups excluding carboxylic acids is 1. The molecule has 5 nitrogen and oxygen atoms in total. The average molecular weight is 317 g/mol. The first-order valence-electron chi connectivity index (χ1n) is 6.68. The van der Waals surface area contributed by atoms with Crippen molar-refractivity contribution in [1.82, 2.24) is 0 Å². The van der Waals surface area contributed by atoms with Crippen molar-refractivity contribution in [2.75, 3.05) is 11.9 Å². The Balaban J connectivity index is 2.20. The van der Waals surface area contributed by atoms with Gasteiger partial charge in [-0.15, -0.1) is 5.69 Å². The molecule has 1 amide bonds. The van der Waals surface area contributed by atoms with Gasteiger partial charge in [-0.1, -0.05) is 29.8 Å². The molecule has 0 N–H and O–H groups in total. The van der Waals surface area contributed by atoms with Gasteiger partial charge in [0, 0.05) is 19.7 Å². The molecule has 22 heavy (non-hydrogen) atoms. The molecule has 0 aromatic heterocycles. The summed E-state index contributed by atoms with van der Waals surface area (Å²) in [6.07, 6.45) is 0. The van der Waals surface area contributed by atoms with Crippen LogP contribution in [0.5, 0.6) is 0 Å². The van der Waals surface area contributed by atoms with Gasteiger partial charge in [0.1, 0.15) is 10.0 Å². The van der Waals surface area contributed by atoms with E-state index in [9.17, 15) is 13.2 Å². The SMILES string of the molecule is CC(=O)N(C)c1ccc([N-]S(=O)(=O)c2ccc(C)cc2)cc1. The highest BCUT2D eigenvalue weighted by Crippen LogP contribution is 2.29. The highest BCUT2D eigenvalue weighted by atomic mass is 32.2. The van der Waals surface area contributed by atoms with E-state index < -0.39 is 10.0 Å². The quantitative estimate of drug-likeness (QED) is 0.868. The third kappa shape index (κ3) is 3.65. The number of aryl methyl sites for hydroxylation is 1. The Morgan fingerprint density at radius 1 is 1.00 bits per heavy atom. The summed E-state index contributed by atoms with van der Waals surface area (Å²) in [6, 6.07) is 13.0. The predicted molar refractivity (Wildman–Crippen MR) is 86.9 cm³/mol. The predicted octanol–water partition coefficient (Wildman–Crippen LogP) is 3.37. The van der Waals surface area contributed by atoms with E-state index in [1.54, 1.807) is 43.4 Å². The molecular weight excluding hydrogens is 300 g/mol. The molecule has 0 unspecified atom stereocenters. The third-order valence-electron chi connectivity index (χ3n) is 3.25. The van der Waals surface area contributed by atoms with E-state index in [0.29, 0.717) is 11.4 Å². The Morgan fingerprint density at radius 2 is 1.55 bits per heavy atom. The fraction of sp³-hybridized carbons (Fsp3) is 0.188. The average Bonchev–Trinajstić information content (AvgIpc) is 2.47. The van der Waals surface area contributed by atoms with E-state index in [1.165, 1.54) is 24.0 Å². The molecule has 0 spiro atoms. The maximum Gasteiger partial charge on any atom is 0.223 e. The molecule has 116 valence electrons. The van der Waals surface area contributed by atoms with Crippen molar-refractivity contribution in [2.45, 2.75) is 18.7 Å². The molecule has 0 atom stereocenters. The van der Waals surface area contributed by atoms with Gasteiger partial charge < -0.3 is 9.62 Å². The van der Waals surface area contributed by atoms with Crippen LogP contribution in [0.3, 0.4) is 0 Å².